The van der Waals surface area contributed by atoms with Crippen molar-refractivity contribution < 1.29 is 17.6 Å². The van der Waals surface area contributed by atoms with Gasteiger partial charge >= 0.3 is 0 Å². The lowest BCUT2D eigenvalue weighted by atomic mass is 10.0. The van der Waals surface area contributed by atoms with E-state index in [9.17, 15) is 17.6 Å². The number of amides is 1. The Bertz CT molecular complexity index is 1230. The molecule has 0 bridgehead atoms. The van der Waals surface area contributed by atoms with Crippen LogP contribution in [0.25, 0.3) is 0 Å². The summed E-state index contributed by atoms with van der Waals surface area (Å²) in [5, 5.41) is 0.854. The third-order valence-electron chi connectivity index (χ3n) is 5.62. The molecule has 1 aliphatic heterocycles. The van der Waals surface area contributed by atoms with Gasteiger partial charge < -0.3 is 4.90 Å². The molecular weight excluding hydrogens is 486 g/mol. The molecule has 0 N–H and O–H groups in total. The molecule has 0 aromatic heterocycles. The van der Waals surface area contributed by atoms with Gasteiger partial charge in [-0.2, -0.15) is 0 Å². The lowest BCUT2D eigenvalue weighted by Gasteiger charge is -2.30. The molecule has 1 fully saturated rings. The van der Waals surface area contributed by atoms with Gasteiger partial charge in [-0.25, -0.2) is 12.8 Å². The maximum Gasteiger partial charge on any atom is 0.264 e. The maximum absolute atomic E-state index is 13.5. The Morgan fingerprint density at radius 1 is 0.939 bits per heavy atom. The SMILES string of the molecule is O=C(CN(c1ccc(Cl)cc1)S(=O)(=O)c1ccc(Cl)cc1)N1CCCC1c1ccc(F)cc1. The minimum Gasteiger partial charge on any atom is -0.334 e. The zero-order valence-electron chi connectivity index (χ0n) is 17.5. The molecule has 0 aliphatic carbocycles. The van der Waals surface area contributed by atoms with E-state index in [0.717, 1.165) is 22.7 Å². The van der Waals surface area contributed by atoms with Crippen LogP contribution in [-0.4, -0.2) is 32.3 Å². The Kier molecular flexibility index (Phi) is 6.93. The summed E-state index contributed by atoms with van der Waals surface area (Å²) in [7, 11) is -4.06. The van der Waals surface area contributed by atoms with Crippen LogP contribution in [0, 0.1) is 5.82 Å². The molecule has 1 heterocycles. The lowest BCUT2D eigenvalue weighted by Crippen LogP contribution is -2.42. The third-order valence-corrected chi connectivity index (χ3v) is 7.92. The van der Waals surface area contributed by atoms with Crippen LogP contribution in [0.15, 0.2) is 77.7 Å². The van der Waals surface area contributed by atoms with E-state index in [0.29, 0.717) is 22.3 Å². The van der Waals surface area contributed by atoms with Crippen molar-refractivity contribution in [2.75, 3.05) is 17.4 Å². The molecule has 3 aromatic carbocycles. The largest absolute Gasteiger partial charge is 0.334 e. The van der Waals surface area contributed by atoms with Gasteiger partial charge in [0.25, 0.3) is 10.0 Å². The average molecular weight is 507 g/mol. The smallest absolute Gasteiger partial charge is 0.264 e. The molecule has 172 valence electrons. The summed E-state index contributed by atoms with van der Waals surface area (Å²) in [6, 6.07) is 17.9. The van der Waals surface area contributed by atoms with E-state index >= 15 is 0 Å². The first kappa shape index (κ1) is 23.5. The monoisotopic (exact) mass is 506 g/mol. The number of halogens is 3. The summed E-state index contributed by atoms with van der Waals surface area (Å²) in [6.07, 6.45) is 1.50. The zero-order valence-corrected chi connectivity index (χ0v) is 19.8. The van der Waals surface area contributed by atoms with E-state index in [1.54, 1.807) is 41.3 Å². The summed E-state index contributed by atoms with van der Waals surface area (Å²) in [4.78, 5) is 15.1. The number of anilines is 1. The molecule has 1 aliphatic rings. The molecule has 9 heteroatoms. The van der Waals surface area contributed by atoms with Crippen molar-refractivity contribution in [3.05, 3.63) is 94.2 Å². The molecule has 1 saturated heterocycles. The molecule has 1 amide bonds. The Balaban J connectivity index is 1.66. The van der Waals surface area contributed by atoms with Crippen molar-refractivity contribution in [1.29, 1.82) is 0 Å². The van der Waals surface area contributed by atoms with Gasteiger partial charge in [0.2, 0.25) is 5.91 Å². The van der Waals surface area contributed by atoms with Crippen LogP contribution in [0.3, 0.4) is 0 Å². The average Bonchev–Trinajstić information content (AvgIpc) is 3.29. The first-order chi connectivity index (χ1) is 15.8. The molecule has 3 aromatic rings. The first-order valence-corrected chi connectivity index (χ1v) is 12.5. The fourth-order valence-electron chi connectivity index (χ4n) is 3.97. The van der Waals surface area contributed by atoms with Crippen LogP contribution in [0.5, 0.6) is 0 Å². The number of likely N-dealkylation sites (tertiary alicyclic amines) is 1. The Labute approximate surface area is 202 Å². The highest BCUT2D eigenvalue weighted by atomic mass is 35.5. The summed E-state index contributed by atoms with van der Waals surface area (Å²) in [5.74, 6) is -0.688. The van der Waals surface area contributed by atoms with Crippen molar-refractivity contribution in [2.45, 2.75) is 23.8 Å². The summed E-state index contributed by atoms with van der Waals surface area (Å²) in [6.45, 7) is 0.112. The van der Waals surface area contributed by atoms with Gasteiger partial charge in [0, 0.05) is 16.6 Å². The normalized spacial score (nSPS) is 16.1. The molecule has 0 spiro atoms. The summed E-state index contributed by atoms with van der Waals surface area (Å²) >= 11 is 11.9. The number of carbonyl (C=O) groups is 1. The number of nitrogens with zero attached hydrogens (tertiary/aromatic N) is 2. The number of sulfonamides is 1. The minimum absolute atomic E-state index is 0.0196. The highest BCUT2D eigenvalue weighted by Gasteiger charge is 2.34. The highest BCUT2D eigenvalue weighted by molar-refractivity contribution is 7.92. The molecule has 33 heavy (non-hydrogen) atoms. The predicted molar refractivity (Wildman–Crippen MR) is 128 cm³/mol. The van der Waals surface area contributed by atoms with E-state index in [1.165, 1.54) is 36.4 Å². The predicted octanol–water partition coefficient (Wildman–Crippen LogP) is 5.69. The van der Waals surface area contributed by atoms with Gasteiger partial charge in [0.1, 0.15) is 12.4 Å². The second-order valence-electron chi connectivity index (χ2n) is 7.74. The van der Waals surface area contributed by atoms with Gasteiger partial charge in [0.05, 0.1) is 16.6 Å². The topological polar surface area (TPSA) is 57.7 Å². The number of benzene rings is 3. The second-order valence-corrected chi connectivity index (χ2v) is 10.5. The fraction of sp³-hybridized carbons (Fsp3) is 0.208. The molecular formula is C24H21Cl2FN2O3S. The maximum atomic E-state index is 13.5. The Morgan fingerprint density at radius 2 is 1.52 bits per heavy atom. The van der Waals surface area contributed by atoms with E-state index in [1.807, 2.05) is 0 Å². The van der Waals surface area contributed by atoms with E-state index in [4.69, 9.17) is 23.2 Å². The number of hydrogen-bond acceptors (Lipinski definition) is 3. The van der Waals surface area contributed by atoms with Crippen molar-refractivity contribution in [3.63, 3.8) is 0 Å². The zero-order chi connectivity index (χ0) is 23.6. The Morgan fingerprint density at radius 3 is 2.12 bits per heavy atom. The highest BCUT2D eigenvalue weighted by Crippen LogP contribution is 2.33. The Hall–Kier alpha value is -2.61. The van der Waals surface area contributed by atoms with Crippen LogP contribution in [0.1, 0.15) is 24.4 Å². The van der Waals surface area contributed by atoms with Crippen molar-refractivity contribution in [1.82, 2.24) is 4.90 Å². The van der Waals surface area contributed by atoms with E-state index in [2.05, 4.69) is 0 Å². The molecule has 0 radical (unpaired) electrons. The lowest BCUT2D eigenvalue weighted by molar-refractivity contribution is -0.130. The summed E-state index contributed by atoms with van der Waals surface area (Å²) in [5.41, 5.74) is 1.14. The summed E-state index contributed by atoms with van der Waals surface area (Å²) < 4.78 is 41.5. The molecule has 5 nitrogen and oxygen atoms in total. The van der Waals surface area contributed by atoms with Crippen LogP contribution >= 0.6 is 23.2 Å². The van der Waals surface area contributed by atoms with Crippen LogP contribution in [0.2, 0.25) is 10.0 Å². The first-order valence-electron chi connectivity index (χ1n) is 10.3. The molecule has 0 saturated carbocycles. The van der Waals surface area contributed by atoms with Crippen LogP contribution in [0.4, 0.5) is 10.1 Å². The van der Waals surface area contributed by atoms with Gasteiger partial charge in [-0.15, -0.1) is 0 Å². The van der Waals surface area contributed by atoms with Gasteiger partial charge in [-0.1, -0.05) is 35.3 Å². The van der Waals surface area contributed by atoms with E-state index in [-0.39, 0.29) is 29.2 Å². The molecule has 1 atom stereocenters. The van der Waals surface area contributed by atoms with Crippen molar-refractivity contribution in [3.8, 4) is 0 Å². The number of hydrogen-bond donors (Lipinski definition) is 0. The fourth-order valence-corrected chi connectivity index (χ4v) is 5.63. The van der Waals surface area contributed by atoms with Gasteiger partial charge in [-0.3, -0.25) is 9.10 Å². The molecule has 4 rings (SSSR count). The quantitative estimate of drug-likeness (QED) is 0.431. The second kappa shape index (κ2) is 9.71. The number of carbonyl (C=O) groups excluding carboxylic acids is 1. The van der Waals surface area contributed by atoms with Crippen LogP contribution in [-0.2, 0) is 14.8 Å². The van der Waals surface area contributed by atoms with Gasteiger partial charge in [-0.05, 0) is 79.1 Å². The van der Waals surface area contributed by atoms with Crippen molar-refractivity contribution in [2.24, 2.45) is 0 Å². The third kappa shape index (κ3) is 5.16. The van der Waals surface area contributed by atoms with Crippen molar-refractivity contribution >= 4 is 44.8 Å². The minimum atomic E-state index is -4.06. The van der Waals surface area contributed by atoms with Gasteiger partial charge in [0.15, 0.2) is 0 Å². The standard InChI is InChI=1S/C24H21Cl2FN2O3S/c25-18-5-11-21(12-6-18)29(33(31,32)22-13-7-19(26)8-14-22)16-24(30)28-15-1-2-23(28)17-3-9-20(27)10-4-17/h3-14,23H,1-2,15-16H2. The van der Waals surface area contributed by atoms with E-state index < -0.39 is 10.0 Å². The molecule has 1 unspecified atom stereocenters. The number of rotatable bonds is 6. The van der Waals surface area contributed by atoms with Crippen LogP contribution < -0.4 is 4.31 Å².